The average molecular weight is 624 g/mol. The maximum atomic E-state index is 12.8. The molecular weight excluding hydrogens is 590 g/mol. The predicted octanol–water partition coefficient (Wildman–Crippen LogP) is 6.11. The third kappa shape index (κ3) is 5.24. The first-order valence-electron chi connectivity index (χ1n) is 15.0. The summed E-state index contributed by atoms with van der Waals surface area (Å²) < 4.78 is 39.2. The van der Waals surface area contributed by atoms with Gasteiger partial charge in [0.25, 0.3) is 0 Å². The van der Waals surface area contributed by atoms with Gasteiger partial charge in [0.15, 0.2) is 23.0 Å². The summed E-state index contributed by atoms with van der Waals surface area (Å²) in [5.74, 6) is 1.34. The Hall–Kier alpha value is -5.22. The molecule has 0 bridgehead atoms. The van der Waals surface area contributed by atoms with Crippen LogP contribution in [0.2, 0.25) is 0 Å². The van der Waals surface area contributed by atoms with Crippen molar-refractivity contribution in [1.82, 2.24) is 5.32 Å². The molecule has 2 atom stereocenters. The van der Waals surface area contributed by atoms with Gasteiger partial charge in [-0.15, -0.1) is 0 Å². The van der Waals surface area contributed by atoms with Crippen molar-refractivity contribution < 1.29 is 42.7 Å². The number of rotatable bonds is 10. The molecule has 0 aromatic heterocycles. The van der Waals surface area contributed by atoms with Crippen molar-refractivity contribution in [1.29, 1.82) is 0 Å². The third-order valence-corrected chi connectivity index (χ3v) is 8.71. The standard InChI is InChI=1S/C36H33NO9/c1-40-28-13-12-25(31(34(28)41-2)35(38)42-3)32-33(46-32)26-17-30-29(44-19-45-30)16-20(26)14-15-37-36(39)43-18-27-23-10-6-4-8-21(23)22-9-5-7-11-24(22)27/h4-13,16-17,27,32-33H,14-15,18-19H2,1-3H3,(H,37,39). The van der Waals surface area contributed by atoms with Gasteiger partial charge in [-0.2, -0.15) is 0 Å². The minimum Gasteiger partial charge on any atom is -0.493 e. The first-order valence-corrected chi connectivity index (χ1v) is 15.0. The second-order valence-corrected chi connectivity index (χ2v) is 11.1. The minimum atomic E-state index is -0.557. The van der Waals surface area contributed by atoms with E-state index in [-0.39, 0.29) is 36.7 Å². The van der Waals surface area contributed by atoms with Crippen molar-refractivity contribution in [2.75, 3.05) is 41.3 Å². The average Bonchev–Trinajstić information content (AvgIpc) is 3.63. The molecule has 10 heteroatoms. The topological polar surface area (TPSA) is 114 Å². The van der Waals surface area contributed by atoms with Gasteiger partial charge in [0.1, 0.15) is 24.4 Å². The number of ether oxygens (including phenoxy) is 7. The van der Waals surface area contributed by atoms with Crippen LogP contribution >= 0.6 is 0 Å². The minimum absolute atomic E-state index is 0.0194. The molecule has 0 radical (unpaired) electrons. The third-order valence-electron chi connectivity index (χ3n) is 8.71. The van der Waals surface area contributed by atoms with E-state index in [2.05, 4.69) is 29.6 Å². The number of methoxy groups -OCH3 is 3. The number of hydrogen-bond donors (Lipinski definition) is 1. The Morgan fingerprint density at radius 3 is 2.15 bits per heavy atom. The summed E-state index contributed by atoms with van der Waals surface area (Å²) in [6.45, 7) is 0.679. The van der Waals surface area contributed by atoms with Crippen LogP contribution in [0.5, 0.6) is 23.0 Å². The molecule has 2 aliphatic heterocycles. The Morgan fingerprint density at radius 2 is 1.48 bits per heavy atom. The zero-order chi connectivity index (χ0) is 31.8. The van der Waals surface area contributed by atoms with Gasteiger partial charge in [-0.25, -0.2) is 9.59 Å². The summed E-state index contributed by atoms with van der Waals surface area (Å²) in [6, 6.07) is 23.8. The van der Waals surface area contributed by atoms with E-state index in [1.54, 1.807) is 12.1 Å². The number of nitrogens with one attached hydrogen (secondary N) is 1. The maximum Gasteiger partial charge on any atom is 0.407 e. The van der Waals surface area contributed by atoms with Gasteiger partial charge in [-0.1, -0.05) is 54.6 Å². The van der Waals surface area contributed by atoms with Crippen LogP contribution in [0.15, 0.2) is 72.8 Å². The first-order chi connectivity index (χ1) is 22.5. The molecule has 1 fully saturated rings. The maximum absolute atomic E-state index is 12.8. The lowest BCUT2D eigenvalue weighted by Gasteiger charge is -2.15. The van der Waals surface area contributed by atoms with Crippen LogP contribution in [0.25, 0.3) is 11.1 Å². The van der Waals surface area contributed by atoms with Crippen molar-refractivity contribution in [3.8, 4) is 34.1 Å². The number of fused-ring (bicyclic) bond motifs is 4. The van der Waals surface area contributed by atoms with Crippen LogP contribution in [-0.2, 0) is 20.6 Å². The molecule has 7 rings (SSSR count). The highest BCUT2D eigenvalue weighted by Crippen LogP contribution is 2.56. The lowest BCUT2D eigenvalue weighted by molar-refractivity contribution is 0.0594. The van der Waals surface area contributed by atoms with Gasteiger partial charge in [0, 0.05) is 18.0 Å². The van der Waals surface area contributed by atoms with E-state index in [0.717, 1.165) is 22.3 Å². The monoisotopic (exact) mass is 623 g/mol. The van der Waals surface area contributed by atoms with Gasteiger partial charge < -0.3 is 38.5 Å². The summed E-state index contributed by atoms with van der Waals surface area (Å²) >= 11 is 0. The quantitative estimate of drug-likeness (QED) is 0.165. The fraction of sp³-hybridized carbons (Fsp3) is 0.278. The molecule has 1 amide bonds. The predicted molar refractivity (Wildman–Crippen MR) is 167 cm³/mol. The Morgan fingerprint density at radius 1 is 0.804 bits per heavy atom. The molecule has 236 valence electrons. The molecule has 3 aliphatic rings. The normalized spacial score (nSPS) is 17.1. The van der Waals surface area contributed by atoms with Crippen molar-refractivity contribution in [2.24, 2.45) is 0 Å². The lowest BCUT2D eigenvalue weighted by Crippen LogP contribution is -2.28. The van der Waals surface area contributed by atoms with E-state index >= 15 is 0 Å². The van der Waals surface area contributed by atoms with Crippen molar-refractivity contribution in [3.05, 3.63) is 106 Å². The number of carbonyl (C=O) groups is 2. The Bertz CT molecular complexity index is 1770. The van der Waals surface area contributed by atoms with Crippen LogP contribution in [0.4, 0.5) is 4.79 Å². The van der Waals surface area contributed by atoms with E-state index in [4.69, 9.17) is 33.2 Å². The van der Waals surface area contributed by atoms with Crippen molar-refractivity contribution in [2.45, 2.75) is 24.5 Å². The Labute approximate surface area is 266 Å². The molecule has 4 aromatic carbocycles. The van der Waals surface area contributed by atoms with Crippen LogP contribution in [0.3, 0.4) is 0 Å². The summed E-state index contributed by atoms with van der Waals surface area (Å²) in [5, 5.41) is 2.89. The SMILES string of the molecule is COC(=O)c1c(C2OC2c2cc3c(cc2CCNC(=O)OCC2c4ccccc4-c4ccccc42)OCO3)ccc(OC)c1OC. The number of epoxide rings is 1. The van der Waals surface area contributed by atoms with Crippen LogP contribution < -0.4 is 24.3 Å². The molecule has 1 N–H and O–H groups in total. The highest BCUT2D eigenvalue weighted by atomic mass is 16.7. The van der Waals surface area contributed by atoms with Gasteiger partial charge in [-0.3, -0.25) is 0 Å². The number of carbonyl (C=O) groups excluding carboxylic acids is 2. The van der Waals surface area contributed by atoms with E-state index < -0.39 is 18.2 Å². The second kappa shape index (κ2) is 12.3. The van der Waals surface area contributed by atoms with E-state index in [1.165, 1.54) is 32.5 Å². The number of alkyl carbamates (subject to hydrolysis) is 1. The molecule has 2 unspecified atom stereocenters. The van der Waals surface area contributed by atoms with Gasteiger partial charge in [-0.05, 0) is 58.0 Å². The molecule has 10 nitrogen and oxygen atoms in total. The molecular formula is C36H33NO9. The number of esters is 1. The van der Waals surface area contributed by atoms with Crippen molar-refractivity contribution >= 4 is 12.1 Å². The van der Waals surface area contributed by atoms with E-state index in [0.29, 0.717) is 35.8 Å². The zero-order valence-corrected chi connectivity index (χ0v) is 25.7. The van der Waals surface area contributed by atoms with Gasteiger partial charge in [0.2, 0.25) is 6.79 Å². The number of amides is 1. The Kier molecular flexibility index (Phi) is 7.88. The molecule has 1 saturated heterocycles. The molecule has 46 heavy (non-hydrogen) atoms. The zero-order valence-electron chi connectivity index (χ0n) is 25.7. The summed E-state index contributed by atoms with van der Waals surface area (Å²) in [7, 11) is 4.29. The van der Waals surface area contributed by atoms with E-state index in [1.807, 2.05) is 36.4 Å². The highest BCUT2D eigenvalue weighted by molar-refractivity contribution is 5.95. The largest absolute Gasteiger partial charge is 0.493 e. The first kappa shape index (κ1) is 29.5. The van der Waals surface area contributed by atoms with E-state index in [9.17, 15) is 9.59 Å². The fourth-order valence-corrected chi connectivity index (χ4v) is 6.51. The second-order valence-electron chi connectivity index (χ2n) is 11.1. The number of benzene rings is 4. The molecule has 0 spiro atoms. The molecule has 2 heterocycles. The lowest BCUT2D eigenvalue weighted by atomic mass is 9.94. The Balaban J connectivity index is 1.05. The smallest absolute Gasteiger partial charge is 0.407 e. The fourth-order valence-electron chi connectivity index (χ4n) is 6.51. The molecule has 0 saturated carbocycles. The molecule has 4 aromatic rings. The van der Waals surface area contributed by atoms with Crippen LogP contribution in [0, 0.1) is 0 Å². The number of hydrogen-bond acceptors (Lipinski definition) is 9. The molecule has 1 aliphatic carbocycles. The van der Waals surface area contributed by atoms with Crippen molar-refractivity contribution in [3.63, 3.8) is 0 Å². The summed E-state index contributed by atoms with van der Waals surface area (Å²) in [4.78, 5) is 25.7. The van der Waals surface area contributed by atoms with Gasteiger partial charge >= 0.3 is 12.1 Å². The summed E-state index contributed by atoms with van der Waals surface area (Å²) in [6.07, 6.45) is -0.820. The van der Waals surface area contributed by atoms with Gasteiger partial charge in [0.05, 0.1) is 21.3 Å². The summed E-state index contributed by atoms with van der Waals surface area (Å²) in [5.41, 5.74) is 7.32. The van der Waals surface area contributed by atoms with Crippen LogP contribution in [-0.4, -0.2) is 53.3 Å². The van der Waals surface area contributed by atoms with Crippen LogP contribution in [0.1, 0.15) is 56.3 Å². The highest BCUT2D eigenvalue weighted by Gasteiger charge is 2.46.